The Morgan fingerprint density at radius 1 is 1.05 bits per heavy atom. The highest BCUT2D eigenvalue weighted by atomic mass is 16.5. The molecule has 0 aliphatic rings. The molecule has 0 fully saturated rings. The number of carboxylic acid groups (broad SMARTS) is 1. The minimum Gasteiger partial charge on any atom is -0.482 e. The first kappa shape index (κ1) is 13.8. The van der Waals surface area contributed by atoms with Crippen LogP contribution in [0.15, 0.2) is 48.5 Å². The zero-order chi connectivity index (χ0) is 14.5. The van der Waals surface area contributed by atoms with Crippen LogP contribution < -0.4 is 4.74 Å². The van der Waals surface area contributed by atoms with E-state index in [-0.39, 0.29) is 5.78 Å². The Balaban J connectivity index is 2.13. The number of aliphatic carboxylic acids is 1. The van der Waals surface area contributed by atoms with Gasteiger partial charge in [-0.05, 0) is 37.3 Å². The summed E-state index contributed by atoms with van der Waals surface area (Å²) < 4.78 is 5.02. The first-order valence-electron chi connectivity index (χ1n) is 6.12. The predicted octanol–water partition coefficient (Wildman–Crippen LogP) is 2.69. The Labute approximate surface area is 116 Å². The predicted molar refractivity (Wildman–Crippen MR) is 74.2 cm³/mol. The summed E-state index contributed by atoms with van der Waals surface area (Å²) in [5.74, 6) is -0.684. The molecule has 20 heavy (non-hydrogen) atoms. The van der Waals surface area contributed by atoms with E-state index in [1.807, 2.05) is 25.1 Å². The second kappa shape index (κ2) is 6.02. The van der Waals surface area contributed by atoms with E-state index in [0.29, 0.717) is 16.9 Å². The minimum atomic E-state index is -1.04. The van der Waals surface area contributed by atoms with Gasteiger partial charge in [0, 0.05) is 11.1 Å². The van der Waals surface area contributed by atoms with Gasteiger partial charge in [-0.3, -0.25) is 4.79 Å². The van der Waals surface area contributed by atoms with Crippen molar-refractivity contribution in [3.05, 3.63) is 65.2 Å². The van der Waals surface area contributed by atoms with Crippen LogP contribution in [-0.4, -0.2) is 23.5 Å². The maximum Gasteiger partial charge on any atom is 0.341 e. The number of hydrogen-bond acceptors (Lipinski definition) is 3. The smallest absolute Gasteiger partial charge is 0.341 e. The molecule has 1 N–H and O–H groups in total. The van der Waals surface area contributed by atoms with E-state index in [2.05, 4.69) is 0 Å². The molecule has 2 aromatic rings. The molecule has 0 bridgehead atoms. The molecule has 0 spiro atoms. The molecule has 2 rings (SSSR count). The van der Waals surface area contributed by atoms with Crippen LogP contribution >= 0.6 is 0 Å². The first-order valence-corrected chi connectivity index (χ1v) is 6.12. The quantitative estimate of drug-likeness (QED) is 0.848. The number of carboxylic acids is 1. The molecular weight excluding hydrogens is 256 g/mol. The number of ether oxygens (including phenoxy) is 1. The van der Waals surface area contributed by atoms with Crippen molar-refractivity contribution in [1.29, 1.82) is 0 Å². The lowest BCUT2D eigenvalue weighted by atomic mass is 10.0. The molecule has 0 aliphatic heterocycles. The van der Waals surface area contributed by atoms with Crippen LogP contribution in [0, 0.1) is 6.92 Å². The molecule has 0 aromatic heterocycles. The third-order valence-electron chi connectivity index (χ3n) is 2.76. The summed E-state index contributed by atoms with van der Waals surface area (Å²) in [6.45, 7) is 1.53. The van der Waals surface area contributed by atoms with Crippen LogP contribution in [0.4, 0.5) is 0 Å². The summed E-state index contributed by atoms with van der Waals surface area (Å²) in [6, 6.07) is 13.8. The van der Waals surface area contributed by atoms with Crippen molar-refractivity contribution in [2.45, 2.75) is 6.92 Å². The number of ketones is 1. The van der Waals surface area contributed by atoms with Gasteiger partial charge >= 0.3 is 5.97 Å². The summed E-state index contributed by atoms with van der Waals surface area (Å²) in [5, 5.41) is 8.51. The van der Waals surface area contributed by atoms with Crippen LogP contribution in [0.1, 0.15) is 21.5 Å². The number of carbonyl (C=O) groups excluding carboxylic acids is 1. The van der Waals surface area contributed by atoms with Gasteiger partial charge in [-0.1, -0.05) is 23.8 Å². The van der Waals surface area contributed by atoms with Gasteiger partial charge in [-0.15, -0.1) is 0 Å². The average Bonchev–Trinajstić information content (AvgIpc) is 2.45. The molecule has 0 unspecified atom stereocenters. The monoisotopic (exact) mass is 270 g/mol. The molecule has 0 amide bonds. The van der Waals surface area contributed by atoms with Crippen LogP contribution in [-0.2, 0) is 4.79 Å². The topological polar surface area (TPSA) is 63.6 Å². The molecule has 4 nitrogen and oxygen atoms in total. The van der Waals surface area contributed by atoms with Crippen LogP contribution in [0.3, 0.4) is 0 Å². The fourth-order valence-corrected chi connectivity index (χ4v) is 1.80. The van der Waals surface area contributed by atoms with Crippen LogP contribution in [0.5, 0.6) is 5.75 Å². The molecule has 0 atom stereocenters. The third-order valence-corrected chi connectivity index (χ3v) is 2.76. The summed E-state index contributed by atoms with van der Waals surface area (Å²) in [7, 11) is 0. The Morgan fingerprint density at radius 3 is 2.35 bits per heavy atom. The summed E-state index contributed by atoms with van der Waals surface area (Å²) in [4.78, 5) is 22.6. The second-order valence-electron chi connectivity index (χ2n) is 4.41. The van der Waals surface area contributed by atoms with Gasteiger partial charge in [0.05, 0.1) is 0 Å². The molecule has 102 valence electrons. The number of hydrogen-bond donors (Lipinski definition) is 1. The Hall–Kier alpha value is -2.62. The summed E-state index contributed by atoms with van der Waals surface area (Å²) in [6.07, 6.45) is 0. The lowest BCUT2D eigenvalue weighted by molar-refractivity contribution is -0.139. The number of rotatable bonds is 5. The molecule has 0 saturated carbocycles. The Morgan fingerprint density at radius 2 is 1.75 bits per heavy atom. The summed E-state index contributed by atoms with van der Waals surface area (Å²) in [5.41, 5.74) is 2.19. The van der Waals surface area contributed by atoms with Crippen molar-refractivity contribution in [2.75, 3.05) is 6.61 Å². The number of aryl methyl sites for hydroxylation is 1. The summed E-state index contributed by atoms with van der Waals surface area (Å²) >= 11 is 0. The highest BCUT2D eigenvalue weighted by Gasteiger charge is 2.09. The van der Waals surface area contributed by atoms with E-state index in [4.69, 9.17) is 9.84 Å². The van der Waals surface area contributed by atoms with E-state index in [1.54, 1.807) is 30.3 Å². The minimum absolute atomic E-state index is 0.0708. The normalized spacial score (nSPS) is 10.1. The van der Waals surface area contributed by atoms with Gasteiger partial charge in [-0.2, -0.15) is 0 Å². The van der Waals surface area contributed by atoms with Crippen molar-refractivity contribution in [3.8, 4) is 5.75 Å². The van der Waals surface area contributed by atoms with Gasteiger partial charge in [0.25, 0.3) is 0 Å². The number of benzene rings is 2. The molecule has 2 aromatic carbocycles. The Kier molecular flexibility index (Phi) is 4.15. The van der Waals surface area contributed by atoms with Gasteiger partial charge < -0.3 is 9.84 Å². The number of carbonyl (C=O) groups is 2. The molecule has 0 radical (unpaired) electrons. The molecule has 4 heteroatoms. The van der Waals surface area contributed by atoms with Crippen LogP contribution in [0.25, 0.3) is 0 Å². The second-order valence-corrected chi connectivity index (χ2v) is 4.41. The molecular formula is C16H14O4. The highest BCUT2D eigenvalue weighted by Crippen LogP contribution is 2.16. The van der Waals surface area contributed by atoms with Crippen molar-refractivity contribution in [2.24, 2.45) is 0 Å². The van der Waals surface area contributed by atoms with E-state index >= 15 is 0 Å². The van der Waals surface area contributed by atoms with E-state index in [1.165, 1.54) is 0 Å². The van der Waals surface area contributed by atoms with E-state index in [0.717, 1.165) is 5.56 Å². The SMILES string of the molecule is Cc1cccc(C(=O)c2ccc(OCC(=O)O)cc2)c1. The highest BCUT2D eigenvalue weighted by molar-refractivity contribution is 6.09. The standard InChI is InChI=1S/C16H14O4/c1-11-3-2-4-13(9-11)16(19)12-5-7-14(8-6-12)20-10-15(17)18/h2-9H,10H2,1H3,(H,17,18). The average molecular weight is 270 g/mol. The van der Waals surface area contributed by atoms with Crippen molar-refractivity contribution < 1.29 is 19.4 Å². The molecule has 0 aliphatic carbocycles. The van der Waals surface area contributed by atoms with Gasteiger partial charge in [-0.25, -0.2) is 4.79 Å². The van der Waals surface area contributed by atoms with Crippen molar-refractivity contribution in [1.82, 2.24) is 0 Å². The lowest BCUT2D eigenvalue weighted by Gasteiger charge is -2.05. The Bertz CT molecular complexity index is 629. The maximum atomic E-state index is 12.2. The van der Waals surface area contributed by atoms with Crippen LogP contribution in [0.2, 0.25) is 0 Å². The first-order chi connectivity index (χ1) is 9.56. The third kappa shape index (κ3) is 3.45. The fraction of sp³-hybridized carbons (Fsp3) is 0.125. The van der Waals surface area contributed by atoms with Crippen molar-refractivity contribution >= 4 is 11.8 Å². The molecule has 0 saturated heterocycles. The molecule has 0 heterocycles. The van der Waals surface area contributed by atoms with E-state index in [9.17, 15) is 9.59 Å². The fourth-order valence-electron chi connectivity index (χ4n) is 1.80. The zero-order valence-corrected chi connectivity index (χ0v) is 11.0. The van der Waals surface area contributed by atoms with E-state index < -0.39 is 12.6 Å². The van der Waals surface area contributed by atoms with Gasteiger partial charge in [0.15, 0.2) is 12.4 Å². The van der Waals surface area contributed by atoms with Crippen molar-refractivity contribution in [3.63, 3.8) is 0 Å². The largest absolute Gasteiger partial charge is 0.482 e. The zero-order valence-electron chi connectivity index (χ0n) is 11.0. The van der Waals surface area contributed by atoms with Gasteiger partial charge in [0.1, 0.15) is 5.75 Å². The maximum absolute atomic E-state index is 12.2. The lowest BCUT2D eigenvalue weighted by Crippen LogP contribution is -2.09. The van der Waals surface area contributed by atoms with Gasteiger partial charge in [0.2, 0.25) is 0 Å².